The summed E-state index contributed by atoms with van der Waals surface area (Å²) in [6, 6.07) is 13.2. The Balaban J connectivity index is 1.60. The first kappa shape index (κ1) is 21.1. The van der Waals surface area contributed by atoms with Gasteiger partial charge in [0.25, 0.3) is 0 Å². The number of imidazole rings is 1. The number of ether oxygens (including phenoxy) is 1. The number of aliphatic hydroxyl groups excluding tert-OH is 2. The summed E-state index contributed by atoms with van der Waals surface area (Å²) in [6.07, 6.45) is 0.0735. The van der Waals surface area contributed by atoms with Gasteiger partial charge in [0.05, 0.1) is 17.6 Å². The molecule has 2 aromatic carbocycles. The molecule has 0 unspecified atom stereocenters. The predicted octanol–water partition coefficient (Wildman–Crippen LogP) is 1.85. The lowest BCUT2D eigenvalue weighted by atomic mass is 10.1. The molecule has 0 saturated heterocycles. The summed E-state index contributed by atoms with van der Waals surface area (Å²) in [4.78, 5) is 12.0. The van der Waals surface area contributed by atoms with Crippen molar-refractivity contribution >= 4 is 11.0 Å². The second kappa shape index (κ2) is 9.26. The lowest BCUT2D eigenvalue weighted by Gasteiger charge is -2.15. The topological polar surface area (TPSA) is 88.7 Å². The highest BCUT2D eigenvalue weighted by Gasteiger charge is 2.13. The molecule has 7 heteroatoms. The number of hydrogen-bond donors (Lipinski definition) is 3. The van der Waals surface area contributed by atoms with Crippen molar-refractivity contribution in [1.82, 2.24) is 14.5 Å². The van der Waals surface area contributed by atoms with Gasteiger partial charge in [-0.1, -0.05) is 25.1 Å². The quantitative estimate of drug-likeness (QED) is 0.511. The summed E-state index contributed by atoms with van der Waals surface area (Å²) in [6.45, 7) is 2.95. The molecule has 3 rings (SSSR count). The van der Waals surface area contributed by atoms with Crippen LogP contribution in [0.4, 0.5) is 0 Å². The van der Waals surface area contributed by atoms with Crippen molar-refractivity contribution in [2.45, 2.75) is 32.0 Å². The maximum Gasteiger partial charge on any atom is 0.328 e. The maximum atomic E-state index is 12.0. The van der Waals surface area contributed by atoms with Gasteiger partial charge >= 0.3 is 5.69 Å². The molecule has 0 radical (unpaired) electrons. The number of rotatable bonds is 9. The van der Waals surface area contributed by atoms with Crippen molar-refractivity contribution in [3.63, 3.8) is 0 Å². The summed E-state index contributed by atoms with van der Waals surface area (Å²) >= 11 is 0. The number of nitrogens with one attached hydrogen (secondary N) is 1. The highest BCUT2D eigenvalue weighted by molar-refractivity contribution is 5.76. The predicted molar refractivity (Wildman–Crippen MR) is 113 cm³/mol. The second-order valence-corrected chi connectivity index (χ2v) is 7.29. The van der Waals surface area contributed by atoms with Gasteiger partial charge in [0.1, 0.15) is 18.5 Å². The number of benzene rings is 2. The molecule has 7 nitrogen and oxygen atoms in total. The van der Waals surface area contributed by atoms with Crippen molar-refractivity contribution in [2.75, 3.05) is 13.2 Å². The van der Waals surface area contributed by atoms with Gasteiger partial charge in [0.15, 0.2) is 0 Å². The van der Waals surface area contributed by atoms with Crippen molar-refractivity contribution in [2.24, 2.45) is 14.1 Å². The Morgan fingerprint density at radius 1 is 1.07 bits per heavy atom. The van der Waals surface area contributed by atoms with E-state index in [4.69, 9.17) is 4.74 Å². The molecule has 1 aromatic heterocycles. The van der Waals surface area contributed by atoms with E-state index in [0.717, 1.165) is 23.0 Å². The van der Waals surface area contributed by atoms with Gasteiger partial charge in [0, 0.05) is 26.7 Å². The summed E-state index contributed by atoms with van der Waals surface area (Å²) in [5.74, 6) is 0.676. The minimum atomic E-state index is -0.800. The van der Waals surface area contributed by atoms with Crippen molar-refractivity contribution in [1.29, 1.82) is 0 Å². The molecule has 3 aromatic rings. The van der Waals surface area contributed by atoms with Crippen molar-refractivity contribution < 1.29 is 14.9 Å². The van der Waals surface area contributed by atoms with Crippen LogP contribution in [0.3, 0.4) is 0 Å². The van der Waals surface area contributed by atoms with Crippen LogP contribution in [0.2, 0.25) is 0 Å². The highest BCUT2D eigenvalue weighted by Crippen LogP contribution is 2.21. The Labute approximate surface area is 170 Å². The van der Waals surface area contributed by atoms with Crippen LogP contribution in [0.15, 0.2) is 47.3 Å². The van der Waals surface area contributed by atoms with Crippen LogP contribution >= 0.6 is 0 Å². The van der Waals surface area contributed by atoms with Gasteiger partial charge in [0.2, 0.25) is 0 Å². The van der Waals surface area contributed by atoms with E-state index >= 15 is 0 Å². The third kappa shape index (κ3) is 4.70. The Morgan fingerprint density at radius 3 is 2.41 bits per heavy atom. The van der Waals surface area contributed by atoms with Crippen molar-refractivity contribution in [3.8, 4) is 5.75 Å². The van der Waals surface area contributed by atoms with E-state index in [-0.39, 0.29) is 24.9 Å². The molecule has 29 heavy (non-hydrogen) atoms. The normalized spacial score (nSPS) is 13.6. The number of aliphatic hydroxyl groups is 2. The van der Waals surface area contributed by atoms with Gasteiger partial charge < -0.3 is 20.3 Å². The van der Waals surface area contributed by atoms with Gasteiger partial charge in [-0.05, 0) is 41.8 Å². The SMILES string of the molecule is CC[C@H](CO)NCc1ccc(OC[C@@H](O)c2ccc3c(c2)n(C)c(=O)n3C)cc1. The molecule has 0 spiro atoms. The highest BCUT2D eigenvalue weighted by atomic mass is 16.5. The third-order valence-electron chi connectivity index (χ3n) is 5.32. The van der Waals surface area contributed by atoms with Crippen LogP contribution in [0.5, 0.6) is 5.75 Å². The number of aryl methyl sites for hydroxylation is 2. The first-order valence-electron chi connectivity index (χ1n) is 9.84. The molecule has 0 aliphatic rings. The molecule has 0 bridgehead atoms. The molecule has 0 fully saturated rings. The fourth-order valence-corrected chi connectivity index (χ4v) is 3.31. The number of nitrogens with zero attached hydrogens (tertiary/aromatic N) is 2. The molecule has 0 saturated carbocycles. The number of hydrogen-bond acceptors (Lipinski definition) is 5. The van der Waals surface area contributed by atoms with E-state index in [1.165, 1.54) is 0 Å². The van der Waals surface area contributed by atoms with Crippen LogP contribution in [-0.4, -0.2) is 38.6 Å². The lowest BCUT2D eigenvalue weighted by molar-refractivity contribution is 0.108. The molecular formula is C22H29N3O4. The third-order valence-corrected chi connectivity index (χ3v) is 5.32. The van der Waals surface area contributed by atoms with E-state index in [0.29, 0.717) is 17.9 Å². The van der Waals surface area contributed by atoms with Crippen LogP contribution < -0.4 is 15.7 Å². The summed E-state index contributed by atoms with van der Waals surface area (Å²) in [5.41, 5.74) is 3.31. The number of aromatic nitrogens is 2. The smallest absolute Gasteiger partial charge is 0.328 e. The average Bonchev–Trinajstić information content (AvgIpc) is 2.97. The molecule has 0 aliphatic heterocycles. The molecule has 2 atom stereocenters. The molecule has 1 heterocycles. The van der Waals surface area contributed by atoms with Gasteiger partial charge in [-0.15, -0.1) is 0 Å². The van der Waals surface area contributed by atoms with Crippen LogP contribution in [0, 0.1) is 0 Å². The average molecular weight is 399 g/mol. The minimum Gasteiger partial charge on any atom is -0.491 e. The zero-order valence-electron chi connectivity index (χ0n) is 17.1. The van der Waals surface area contributed by atoms with Gasteiger partial charge in [-0.3, -0.25) is 9.13 Å². The van der Waals surface area contributed by atoms with E-state index in [9.17, 15) is 15.0 Å². The van der Waals surface area contributed by atoms with Crippen molar-refractivity contribution in [3.05, 3.63) is 64.1 Å². The fourth-order valence-electron chi connectivity index (χ4n) is 3.31. The van der Waals surface area contributed by atoms with Gasteiger partial charge in [-0.2, -0.15) is 0 Å². The van der Waals surface area contributed by atoms with Crippen LogP contribution in [0.1, 0.15) is 30.6 Å². The zero-order chi connectivity index (χ0) is 21.0. The number of fused-ring (bicyclic) bond motifs is 1. The maximum absolute atomic E-state index is 12.0. The molecule has 0 aliphatic carbocycles. The Bertz CT molecular complexity index is 1000. The summed E-state index contributed by atoms with van der Waals surface area (Å²) < 4.78 is 8.89. The molecule has 3 N–H and O–H groups in total. The first-order valence-corrected chi connectivity index (χ1v) is 9.84. The van der Waals surface area contributed by atoms with E-state index < -0.39 is 6.10 Å². The molecular weight excluding hydrogens is 370 g/mol. The van der Waals surface area contributed by atoms with E-state index in [1.54, 1.807) is 23.2 Å². The Kier molecular flexibility index (Phi) is 6.74. The standard InChI is InChI=1S/C22H29N3O4/c1-4-17(13-26)23-12-15-5-8-18(9-6-15)29-14-21(27)16-7-10-19-20(11-16)25(3)22(28)24(19)2/h5-11,17,21,23,26-27H,4,12-14H2,1-3H3/t17-,21-/m1/s1. The summed E-state index contributed by atoms with van der Waals surface area (Å²) in [7, 11) is 3.45. The Morgan fingerprint density at radius 2 is 1.76 bits per heavy atom. The van der Waals surface area contributed by atoms with Crippen LogP contribution in [-0.2, 0) is 20.6 Å². The molecule has 0 amide bonds. The van der Waals surface area contributed by atoms with E-state index in [2.05, 4.69) is 5.32 Å². The first-order chi connectivity index (χ1) is 13.9. The van der Waals surface area contributed by atoms with Crippen LogP contribution in [0.25, 0.3) is 11.0 Å². The second-order valence-electron chi connectivity index (χ2n) is 7.29. The minimum absolute atomic E-state index is 0.0956. The van der Waals surface area contributed by atoms with E-state index in [1.807, 2.05) is 49.4 Å². The summed E-state index contributed by atoms with van der Waals surface area (Å²) in [5, 5.41) is 23.0. The largest absolute Gasteiger partial charge is 0.491 e. The van der Waals surface area contributed by atoms with Gasteiger partial charge in [-0.25, -0.2) is 4.79 Å². The Hall–Kier alpha value is -2.61. The lowest BCUT2D eigenvalue weighted by Crippen LogP contribution is -2.31. The monoisotopic (exact) mass is 399 g/mol. The fraction of sp³-hybridized carbons (Fsp3) is 0.409. The molecule has 156 valence electrons. The zero-order valence-corrected chi connectivity index (χ0v) is 17.1.